The molecule has 1 aromatic rings. The Morgan fingerprint density at radius 1 is 1.20 bits per heavy atom. The van der Waals surface area contributed by atoms with E-state index in [1.165, 1.54) is 8.99 Å². The number of hydrogen-bond donors (Lipinski definition) is 1. The molecule has 1 aliphatic rings. The van der Waals surface area contributed by atoms with Crippen LogP contribution in [-0.4, -0.2) is 47.0 Å². The molecule has 2 rings (SSSR count). The quantitative estimate of drug-likeness (QED) is 0.830. The largest absolute Gasteiger partial charge is 0.350 e. The minimum atomic E-state index is -3.56. The normalized spacial score (nSPS) is 16.8. The van der Waals surface area contributed by atoms with Crippen LogP contribution in [-0.2, 0) is 21.4 Å². The first-order chi connectivity index (χ1) is 11.6. The van der Waals surface area contributed by atoms with Gasteiger partial charge in [0.25, 0.3) is 0 Å². The van der Waals surface area contributed by atoms with Gasteiger partial charge in [-0.2, -0.15) is 9.40 Å². The van der Waals surface area contributed by atoms with E-state index in [1.807, 2.05) is 20.8 Å². The molecule has 0 aromatic carbocycles. The summed E-state index contributed by atoms with van der Waals surface area (Å²) in [6.07, 6.45) is 3.65. The molecule has 1 amide bonds. The SMILES string of the molecule is CCC(C)(C)NC(=O)Cn1nc(C)c(S(=O)(=O)N2CCCCC2)c1C. The zero-order valence-corrected chi connectivity index (χ0v) is 16.7. The number of aryl methyl sites for hydroxylation is 1. The highest BCUT2D eigenvalue weighted by Gasteiger charge is 2.32. The molecular formula is C17H30N4O3S. The van der Waals surface area contributed by atoms with Gasteiger partial charge in [0, 0.05) is 18.6 Å². The predicted molar refractivity (Wildman–Crippen MR) is 96.8 cm³/mol. The van der Waals surface area contributed by atoms with Crippen LogP contribution in [0.2, 0.25) is 0 Å². The van der Waals surface area contributed by atoms with E-state index in [0.29, 0.717) is 24.5 Å². The smallest absolute Gasteiger partial charge is 0.246 e. The Bertz CT molecular complexity index is 731. The molecule has 0 spiro atoms. The number of hydrogen-bond acceptors (Lipinski definition) is 4. The number of carbonyl (C=O) groups excluding carboxylic acids is 1. The van der Waals surface area contributed by atoms with Crippen molar-refractivity contribution in [3.63, 3.8) is 0 Å². The highest BCUT2D eigenvalue weighted by molar-refractivity contribution is 7.89. The number of aromatic nitrogens is 2. The third-order valence-electron chi connectivity index (χ3n) is 4.88. The molecule has 7 nitrogen and oxygen atoms in total. The molecule has 0 radical (unpaired) electrons. The van der Waals surface area contributed by atoms with Gasteiger partial charge in [0.15, 0.2) is 0 Å². The van der Waals surface area contributed by atoms with Gasteiger partial charge in [0.2, 0.25) is 15.9 Å². The molecule has 142 valence electrons. The summed E-state index contributed by atoms with van der Waals surface area (Å²) in [5.41, 5.74) is 0.675. The Labute approximate surface area is 150 Å². The molecule has 1 N–H and O–H groups in total. The summed E-state index contributed by atoms with van der Waals surface area (Å²) in [5, 5.41) is 7.27. The predicted octanol–water partition coefficient (Wildman–Crippen LogP) is 1.98. The van der Waals surface area contributed by atoms with Gasteiger partial charge < -0.3 is 5.32 Å². The fourth-order valence-electron chi connectivity index (χ4n) is 3.08. The van der Waals surface area contributed by atoms with Crippen LogP contribution in [0.5, 0.6) is 0 Å². The van der Waals surface area contributed by atoms with E-state index < -0.39 is 10.0 Å². The van der Waals surface area contributed by atoms with Crippen molar-refractivity contribution in [2.45, 2.75) is 77.3 Å². The molecule has 0 bridgehead atoms. The number of carbonyl (C=O) groups is 1. The number of nitrogens with zero attached hydrogens (tertiary/aromatic N) is 3. The number of sulfonamides is 1. The minimum absolute atomic E-state index is 0.0195. The number of rotatable bonds is 6. The van der Waals surface area contributed by atoms with Crippen LogP contribution < -0.4 is 5.32 Å². The molecule has 1 fully saturated rings. The summed E-state index contributed by atoms with van der Waals surface area (Å²) in [4.78, 5) is 12.5. The fourth-order valence-corrected chi connectivity index (χ4v) is 4.97. The molecule has 0 saturated carbocycles. The topological polar surface area (TPSA) is 84.3 Å². The number of amides is 1. The Kier molecular flexibility index (Phi) is 5.93. The second-order valence-electron chi connectivity index (χ2n) is 7.41. The van der Waals surface area contributed by atoms with Crippen molar-refractivity contribution in [2.75, 3.05) is 13.1 Å². The monoisotopic (exact) mass is 370 g/mol. The molecule has 8 heteroatoms. The van der Waals surface area contributed by atoms with Gasteiger partial charge in [-0.3, -0.25) is 9.48 Å². The van der Waals surface area contributed by atoms with Crippen LogP contribution in [0.4, 0.5) is 0 Å². The molecule has 1 aromatic heterocycles. The van der Waals surface area contributed by atoms with Gasteiger partial charge in [-0.25, -0.2) is 8.42 Å². The summed E-state index contributed by atoms with van der Waals surface area (Å²) in [6.45, 7) is 10.5. The maximum Gasteiger partial charge on any atom is 0.246 e. The highest BCUT2D eigenvalue weighted by atomic mass is 32.2. The van der Waals surface area contributed by atoms with Gasteiger partial charge in [-0.05, 0) is 47.0 Å². The molecular weight excluding hydrogens is 340 g/mol. The lowest BCUT2D eigenvalue weighted by Crippen LogP contribution is -2.44. The second-order valence-corrected chi connectivity index (χ2v) is 9.28. The third-order valence-corrected chi connectivity index (χ3v) is 7.03. The maximum absolute atomic E-state index is 13.0. The summed E-state index contributed by atoms with van der Waals surface area (Å²) < 4.78 is 29.0. The summed E-state index contributed by atoms with van der Waals surface area (Å²) in [5.74, 6) is -0.167. The first kappa shape index (κ1) is 19.9. The van der Waals surface area contributed by atoms with Crippen molar-refractivity contribution in [3.05, 3.63) is 11.4 Å². The van der Waals surface area contributed by atoms with E-state index >= 15 is 0 Å². The minimum Gasteiger partial charge on any atom is -0.350 e. The van der Waals surface area contributed by atoms with Crippen LogP contribution in [0.1, 0.15) is 57.8 Å². The molecule has 0 aliphatic carbocycles. The molecule has 0 unspecified atom stereocenters. The zero-order valence-electron chi connectivity index (χ0n) is 15.9. The fraction of sp³-hybridized carbons (Fsp3) is 0.765. The molecule has 1 aliphatic heterocycles. The summed E-state index contributed by atoms with van der Waals surface area (Å²) in [7, 11) is -3.56. The van der Waals surface area contributed by atoms with Crippen molar-refractivity contribution in [3.8, 4) is 0 Å². The van der Waals surface area contributed by atoms with Crippen LogP contribution >= 0.6 is 0 Å². The van der Waals surface area contributed by atoms with Gasteiger partial charge in [0.1, 0.15) is 11.4 Å². The van der Waals surface area contributed by atoms with E-state index in [2.05, 4.69) is 10.4 Å². The van der Waals surface area contributed by atoms with Crippen LogP contribution in [0.25, 0.3) is 0 Å². The van der Waals surface area contributed by atoms with Crippen molar-refractivity contribution >= 4 is 15.9 Å². The molecule has 25 heavy (non-hydrogen) atoms. The van der Waals surface area contributed by atoms with Crippen LogP contribution in [0, 0.1) is 13.8 Å². The number of piperidine rings is 1. The van der Waals surface area contributed by atoms with E-state index in [-0.39, 0.29) is 22.9 Å². The first-order valence-corrected chi connectivity index (χ1v) is 10.4. The van der Waals surface area contributed by atoms with Crippen molar-refractivity contribution in [1.29, 1.82) is 0 Å². The lowest BCUT2D eigenvalue weighted by Gasteiger charge is -2.26. The molecule has 1 saturated heterocycles. The van der Waals surface area contributed by atoms with Gasteiger partial charge in [0.05, 0.1) is 11.4 Å². The highest BCUT2D eigenvalue weighted by Crippen LogP contribution is 2.26. The van der Waals surface area contributed by atoms with E-state index in [4.69, 9.17) is 0 Å². The third kappa shape index (κ3) is 4.41. The first-order valence-electron chi connectivity index (χ1n) is 8.93. The van der Waals surface area contributed by atoms with E-state index in [1.54, 1.807) is 13.8 Å². The van der Waals surface area contributed by atoms with Crippen molar-refractivity contribution in [1.82, 2.24) is 19.4 Å². The van der Waals surface area contributed by atoms with Gasteiger partial charge in [-0.1, -0.05) is 13.3 Å². The molecule has 0 atom stereocenters. The lowest BCUT2D eigenvalue weighted by molar-refractivity contribution is -0.123. The van der Waals surface area contributed by atoms with Gasteiger partial charge in [-0.15, -0.1) is 0 Å². The standard InChI is InChI=1S/C17H30N4O3S/c1-6-17(4,5)18-15(22)12-21-14(3)16(13(2)19-21)25(23,24)20-10-8-7-9-11-20/h6-12H2,1-5H3,(H,18,22). The maximum atomic E-state index is 13.0. The van der Waals surface area contributed by atoms with Crippen molar-refractivity contribution in [2.24, 2.45) is 0 Å². The van der Waals surface area contributed by atoms with Gasteiger partial charge >= 0.3 is 0 Å². The zero-order chi connectivity index (χ0) is 18.8. The Morgan fingerprint density at radius 2 is 1.80 bits per heavy atom. The Hall–Kier alpha value is -1.41. The Balaban J connectivity index is 2.24. The Morgan fingerprint density at radius 3 is 2.36 bits per heavy atom. The average Bonchev–Trinajstić information content (AvgIpc) is 2.82. The number of nitrogens with one attached hydrogen (secondary N) is 1. The lowest BCUT2D eigenvalue weighted by atomic mass is 10.0. The second kappa shape index (κ2) is 7.45. The van der Waals surface area contributed by atoms with E-state index in [9.17, 15) is 13.2 Å². The van der Waals surface area contributed by atoms with Crippen LogP contribution in [0.15, 0.2) is 4.90 Å². The van der Waals surface area contributed by atoms with E-state index in [0.717, 1.165) is 25.7 Å². The summed E-state index contributed by atoms with van der Waals surface area (Å²) in [6, 6.07) is 0. The summed E-state index contributed by atoms with van der Waals surface area (Å²) >= 11 is 0. The van der Waals surface area contributed by atoms with Crippen LogP contribution in [0.3, 0.4) is 0 Å². The van der Waals surface area contributed by atoms with Crippen molar-refractivity contribution < 1.29 is 13.2 Å². The molecule has 2 heterocycles. The average molecular weight is 371 g/mol.